The second-order valence-electron chi connectivity index (χ2n) is 3.92. The van der Waals surface area contributed by atoms with E-state index in [9.17, 15) is 4.79 Å². The SMILES string of the molecule is CNC(=O)NC(C1CC1)C1CC1. The van der Waals surface area contributed by atoms with Gasteiger partial charge in [0.2, 0.25) is 0 Å². The minimum Gasteiger partial charge on any atom is -0.341 e. The number of hydrogen-bond acceptors (Lipinski definition) is 1. The van der Waals surface area contributed by atoms with Crippen LogP contribution in [0.4, 0.5) is 4.79 Å². The maximum atomic E-state index is 11.1. The van der Waals surface area contributed by atoms with Crippen LogP contribution in [0.1, 0.15) is 25.7 Å². The van der Waals surface area contributed by atoms with E-state index in [2.05, 4.69) is 10.6 Å². The van der Waals surface area contributed by atoms with Gasteiger partial charge in [0.25, 0.3) is 0 Å². The summed E-state index contributed by atoms with van der Waals surface area (Å²) in [5.41, 5.74) is 0. The fourth-order valence-corrected chi connectivity index (χ4v) is 1.75. The second kappa shape index (κ2) is 2.96. The van der Waals surface area contributed by atoms with Gasteiger partial charge in [-0.15, -0.1) is 0 Å². The molecule has 68 valence electrons. The Balaban J connectivity index is 1.83. The van der Waals surface area contributed by atoms with Crippen LogP contribution in [0, 0.1) is 11.8 Å². The average molecular weight is 168 g/mol. The van der Waals surface area contributed by atoms with Crippen LogP contribution in [0.2, 0.25) is 0 Å². The molecule has 2 fully saturated rings. The van der Waals surface area contributed by atoms with Crippen molar-refractivity contribution in [1.82, 2.24) is 10.6 Å². The zero-order chi connectivity index (χ0) is 8.55. The predicted molar refractivity (Wildman–Crippen MR) is 46.8 cm³/mol. The lowest BCUT2D eigenvalue weighted by molar-refractivity contribution is 0.235. The molecule has 0 aromatic rings. The Morgan fingerprint density at radius 3 is 2.08 bits per heavy atom. The molecule has 0 aromatic carbocycles. The Hall–Kier alpha value is -0.730. The third kappa shape index (κ3) is 1.71. The number of urea groups is 1. The molecule has 2 amide bonds. The fraction of sp³-hybridized carbons (Fsp3) is 0.889. The normalized spacial score (nSPS) is 22.5. The largest absolute Gasteiger partial charge is 0.341 e. The van der Waals surface area contributed by atoms with Crippen LogP contribution in [0.5, 0.6) is 0 Å². The molecule has 2 N–H and O–H groups in total. The highest BCUT2D eigenvalue weighted by Gasteiger charge is 2.42. The lowest BCUT2D eigenvalue weighted by Gasteiger charge is -2.16. The van der Waals surface area contributed by atoms with Gasteiger partial charge in [0, 0.05) is 13.1 Å². The Morgan fingerprint density at radius 1 is 1.25 bits per heavy atom. The van der Waals surface area contributed by atoms with E-state index in [1.54, 1.807) is 7.05 Å². The van der Waals surface area contributed by atoms with Crippen molar-refractivity contribution >= 4 is 6.03 Å². The number of carbonyl (C=O) groups excluding carboxylic acids is 1. The first-order valence-corrected chi connectivity index (χ1v) is 4.79. The molecule has 0 bridgehead atoms. The zero-order valence-corrected chi connectivity index (χ0v) is 7.47. The molecule has 0 aliphatic heterocycles. The highest BCUT2D eigenvalue weighted by atomic mass is 16.2. The molecule has 3 nitrogen and oxygen atoms in total. The fourth-order valence-electron chi connectivity index (χ4n) is 1.75. The molecule has 0 radical (unpaired) electrons. The van der Waals surface area contributed by atoms with E-state index in [-0.39, 0.29) is 6.03 Å². The van der Waals surface area contributed by atoms with Crippen LogP contribution in [-0.4, -0.2) is 19.1 Å². The van der Waals surface area contributed by atoms with Crippen molar-refractivity contribution in [2.75, 3.05) is 7.05 Å². The van der Waals surface area contributed by atoms with Gasteiger partial charge in [0.1, 0.15) is 0 Å². The van der Waals surface area contributed by atoms with Gasteiger partial charge in [-0.3, -0.25) is 0 Å². The summed E-state index contributed by atoms with van der Waals surface area (Å²) in [5, 5.41) is 5.65. The highest BCUT2D eigenvalue weighted by Crippen LogP contribution is 2.44. The van der Waals surface area contributed by atoms with E-state index in [1.807, 2.05) is 0 Å². The summed E-state index contributed by atoms with van der Waals surface area (Å²) in [6.45, 7) is 0. The maximum absolute atomic E-state index is 11.1. The first-order chi connectivity index (χ1) is 5.81. The van der Waals surface area contributed by atoms with Gasteiger partial charge in [-0.25, -0.2) is 4.79 Å². The van der Waals surface area contributed by atoms with E-state index >= 15 is 0 Å². The molecule has 3 heteroatoms. The topological polar surface area (TPSA) is 41.1 Å². The zero-order valence-electron chi connectivity index (χ0n) is 7.47. The van der Waals surface area contributed by atoms with Gasteiger partial charge in [-0.2, -0.15) is 0 Å². The third-order valence-corrected chi connectivity index (χ3v) is 2.78. The number of carbonyl (C=O) groups is 1. The number of amides is 2. The van der Waals surface area contributed by atoms with Crippen LogP contribution in [0.15, 0.2) is 0 Å². The van der Waals surface area contributed by atoms with E-state index in [4.69, 9.17) is 0 Å². The summed E-state index contributed by atoms with van der Waals surface area (Å²) in [5.74, 6) is 1.57. The Kier molecular flexibility index (Phi) is 1.95. The van der Waals surface area contributed by atoms with Crippen LogP contribution in [-0.2, 0) is 0 Å². The van der Waals surface area contributed by atoms with Crippen molar-refractivity contribution in [3.8, 4) is 0 Å². The van der Waals surface area contributed by atoms with Gasteiger partial charge < -0.3 is 10.6 Å². The molecular formula is C9H16N2O. The summed E-state index contributed by atoms with van der Waals surface area (Å²) in [4.78, 5) is 11.1. The third-order valence-electron chi connectivity index (χ3n) is 2.78. The van der Waals surface area contributed by atoms with Crippen molar-refractivity contribution in [3.05, 3.63) is 0 Å². The Labute approximate surface area is 72.9 Å². The Morgan fingerprint density at radius 2 is 1.75 bits per heavy atom. The summed E-state index contributed by atoms with van der Waals surface area (Å²) < 4.78 is 0. The molecule has 0 heterocycles. The van der Waals surface area contributed by atoms with E-state index in [1.165, 1.54) is 25.7 Å². The van der Waals surface area contributed by atoms with Crippen LogP contribution in [0.25, 0.3) is 0 Å². The minimum absolute atomic E-state index is 0.0150. The lowest BCUT2D eigenvalue weighted by Crippen LogP contribution is -2.42. The summed E-state index contributed by atoms with van der Waals surface area (Å²) in [7, 11) is 1.67. The van der Waals surface area contributed by atoms with Gasteiger partial charge in [0.15, 0.2) is 0 Å². The monoisotopic (exact) mass is 168 g/mol. The number of rotatable bonds is 3. The highest BCUT2D eigenvalue weighted by molar-refractivity contribution is 5.73. The first kappa shape index (κ1) is 7.90. The lowest BCUT2D eigenvalue weighted by atomic mass is 10.1. The molecule has 0 spiro atoms. The maximum Gasteiger partial charge on any atom is 0.314 e. The van der Waals surface area contributed by atoms with Crippen molar-refractivity contribution in [1.29, 1.82) is 0 Å². The van der Waals surface area contributed by atoms with E-state index in [0.717, 1.165) is 11.8 Å². The number of hydrogen-bond donors (Lipinski definition) is 2. The quantitative estimate of drug-likeness (QED) is 0.651. The van der Waals surface area contributed by atoms with Crippen LogP contribution < -0.4 is 10.6 Å². The Bertz CT molecular complexity index is 173. The smallest absolute Gasteiger partial charge is 0.314 e. The summed E-state index contributed by atoms with van der Waals surface area (Å²) in [6, 6.07) is 0.462. The predicted octanol–water partition coefficient (Wildman–Crippen LogP) is 1.10. The standard InChI is InChI=1S/C9H16N2O/c1-10-9(12)11-8(6-2-3-6)7-4-5-7/h6-8H,2-5H2,1H3,(H2,10,11,12). The van der Waals surface area contributed by atoms with E-state index in [0.29, 0.717) is 6.04 Å². The molecule has 0 atom stereocenters. The first-order valence-electron chi connectivity index (χ1n) is 4.79. The summed E-state index contributed by atoms with van der Waals surface area (Å²) in [6.07, 6.45) is 5.24. The minimum atomic E-state index is -0.0150. The van der Waals surface area contributed by atoms with Gasteiger partial charge >= 0.3 is 6.03 Å². The second-order valence-corrected chi connectivity index (χ2v) is 3.92. The molecule has 2 aliphatic rings. The van der Waals surface area contributed by atoms with Gasteiger partial charge in [-0.05, 0) is 37.5 Å². The van der Waals surface area contributed by atoms with Crippen molar-refractivity contribution < 1.29 is 4.79 Å². The van der Waals surface area contributed by atoms with E-state index < -0.39 is 0 Å². The number of nitrogens with one attached hydrogen (secondary N) is 2. The van der Waals surface area contributed by atoms with Crippen LogP contribution in [0.3, 0.4) is 0 Å². The van der Waals surface area contributed by atoms with Crippen molar-refractivity contribution in [2.24, 2.45) is 11.8 Å². The molecule has 0 aromatic heterocycles. The molecule has 2 saturated carbocycles. The van der Waals surface area contributed by atoms with Gasteiger partial charge in [-0.1, -0.05) is 0 Å². The molecule has 12 heavy (non-hydrogen) atoms. The van der Waals surface area contributed by atoms with Crippen molar-refractivity contribution in [3.63, 3.8) is 0 Å². The molecular weight excluding hydrogens is 152 g/mol. The van der Waals surface area contributed by atoms with Crippen molar-refractivity contribution in [2.45, 2.75) is 31.7 Å². The average Bonchev–Trinajstić information content (AvgIpc) is 2.87. The molecule has 0 unspecified atom stereocenters. The molecule has 2 aliphatic carbocycles. The van der Waals surface area contributed by atoms with Crippen LogP contribution >= 0.6 is 0 Å². The molecule has 0 saturated heterocycles. The van der Waals surface area contributed by atoms with Gasteiger partial charge in [0.05, 0.1) is 0 Å². The summed E-state index contributed by atoms with van der Waals surface area (Å²) >= 11 is 0. The molecule has 2 rings (SSSR count).